The molecule has 7 nitrogen and oxygen atoms in total. The van der Waals surface area contributed by atoms with Crippen LogP contribution in [0, 0.1) is 18.8 Å². The summed E-state index contributed by atoms with van der Waals surface area (Å²) in [6, 6.07) is 0. The van der Waals surface area contributed by atoms with E-state index in [0.29, 0.717) is 5.13 Å². The van der Waals surface area contributed by atoms with E-state index in [1.54, 1.807) is 19.1 Å². The van der Waals surface area contributed by atoms with Crippen LogP contribution < -0.4 is 5.32 Å². The molecule has 8 heteroatoms. The number of anilines is 1. The van der Waals surface area contributed by atoms with Crippen molar-refractivity contribution in [3.8, 4) is 0 Å². The Labute approximate surface area is 112 Å². The topological polar surface area (TPSA) is 101 Å². The minimum absolute atomic E-state index is 0.374. The van der Waals surface area contributed by atoms with Crippen molar-refractivity contribution >= 4 is 28.3 Å². The van der Waals surface area contributed by atoms with Crippen LogP contribution in [-0.2, 0) is 14.3 Å². The second-order valence-corrected chi connectivity index (χ2v) is 5.64. The third-order valence-electron chi connectivity index (χ3n) is 3.24. The zero-order valence-electron chi connectivity index (χ0n) is 9.94. The first-order valence-corrected chi connectivity index (χ1v) is 6.55. The second-order valence-electron chi connectivity index (χ2n) is 4.46. The minimum atomic E-state index is -1.02. The van der Waals surface area contributed by atoms with Gasteiger partial charge in [-0.15, -0.1) is 10.2 Å². The predicted molar refractivity (Wildman–Crippen MR) is 65.7 cm³/mol. The number of fused-ring (bicyclic) bond motifs is 2. The average Bonchev–Trinajstić information content (AvgIpc) is 3.03. The van der Waals surface area contributed by atoms with E-state index in [1.807, 2.05) is 0 Å². The van der Waals surface area contributed by atoms with Crippen molar-refractivity contribution in [3.63, 3.8) is 0 Å². The summed E-state index contributed by atoms with van der Waals surface area (Å²) in [4.78, 5) is 23.4. The van der Waals surface area contributed by atoms with Crippen LogP contribution in [0.4, 0.5) is 5.13 Å². The van der Waals surface area contributed by atoms with Crippen LogP contribution >= 0.6 is 11.3 Å². The molecular weight excluding hydrogens is 270 g/mol. The highest BCUT2D eigenvalue weighted by Gasteiger charge is 2.53. The standard InChI is InChI=1S/C11H11N3O4S/c1-4-13-14-11(19-4)12-9(15)7-5-2-3-6(18-5)8(7)10(16)17/h2-3,5-8H,1H3,(H,16,17)(H,12,14,15)/t5-,6-,7+,8-/m1/s1. The maximum atomic E-state index is 12.2. The number of nitrogens with one attached hydrogen (secondary N) is 1. The first kappa shape index (κ1) is 12.2. The van der Waals surface area contributed by atoms with Gasteiger partial charge in [-0.05, 0) is 6.92 Å². The Morgan fingerprint density at radius 3 is 2.58 bits per heavy atom. The monoisotopic (exact) mass is 281 g/mol. The van der Waals surface area contributed by atoms with Gasteiger partial charge in [0.05, 0.1) is 18.1 Å². The number of hydrogen-bond acceptors (Lipinski definition) is 6. The number of carboxylic acid groups (broad SMARTS) is 1. The summed E-state index contributed by atoms with van der Waals surface area (Å²) in [6.45, 7) is 1.77. The number of aromatic nitrogens is 2. The highest BCUT2D eigenvalue weighted by molar-refractivity contribution is 7.15. The van der Waals surface area contributed by atoms with Crippen LogP contribution in [0.2, 0.25) is 0 Å². The first-order chi connectivity index (χ1) is 9.06. The number of amides is 1. The smallest absolute Gasteiger partial charge is 0.310 e. The molecule has 2 aliphatic heterocycles. The number of ether oxygens (including phenoxy) is 1. The molecule has 2 aliphatic rings. The lowest BCUT2D eigenvalue weighted by molar-refractivity contribution is -0.145. The van der Waals surface area contributed by atoms with Crippen LogP contribution in [0.5, 0.6) is 0 Å². The molecule has 19 heavy (non-hydrogen) atoms. The average molecular weight is 281 g/mol. The maximum Gasteiger partial charge on any atom is 0.310 e. The Bertz CT molecular complexity index is 570. The molecule has 2 N–H and O–H groups in total. The Kier molecular flexibility index (Phi) is 2.83. The van der Waals surface area contributed by atoms with E-state index in [2.05, 4.69) is 15.5 Å². The van der Waals surface area contributed by atoms with Gasteiger partial charge in [-0.1, -0.05) is 23.5 Å². The van der Waals surface area contributed by atoms with Gasteiger partial charge in [0.25, 0.3) is 0 Å². The molecule has 0 radical (unpaired) electrons. The summed E-state index contributed by atoms with van der Waals surface area (Å²) in [5.41, 5.74) is 0. The molecule has 0 saturated carbocycles. The predicted octanol–water partition coefficient (Wildman–Crippen LogP) is 0.439. The summed E-state index contributed by atoms with van der Waals surface area (Å²) in [5.74, 6) is -2.98. The number of carbonyl (C=O) groups is 2. The van der Waals surface area contributed by atoms with E-state index in [1.165, 1.54) is 11.3 Å². The lowest BCUT2D eigenvalue weighted by Gasteiger charge is -2.20. The number of aryl methyl sites for hydroxylation is 1. The van der Waals surface area contributed by atoms with E-state index in [-0.39, 0.29) is 5.91 Å². The molecule has 3 heterocycles. The molecular formula is C11H11N3O4S. The SMILES string of the molecule is Cc1nnc(NC(=O)[C@@H]2[C@H](C(=O)O)[C@H]3C=C[C@H]2O3)s1. The molecule has 100 valence electrons. The summed E-state index contributed by atoms with van der Waals surface area (Å²) >= 11 is 1.24. The molecule has 0 aliphatic carbocycles. The zero-order chi connectivity index (χ0) is 13.6. The Morgan fingerprint density at radius 1 is 1.32 bits per heavy atom. The third kappa shape index (κ3) is 2.02. The van der Waals surface area contributed by atoms with E-state index in [0.717, 1.165) is 5.01 Å². The van der Waals surface area contributed by atoms with Crippen molar-refractivity contribution < 1.29 is 19.4 Å². The number of nitrogens with zero attached hydrogens (tertiary/aromatic N) is 2. The number of carbonyl (C=O) groups excluding carboxylic acids is 1. The van der Waals surface area contributed by atoms with Crippen LogP contribution in [0.25, 0.3) is 0 Å². The van der Waals surface area contributed by atoms with E-state index in [9.17, 15) is 14.7 Å². The normalized spacial score (nSPS) is 31.6. The fourth-order valence-electron chi connectivity index (χ4n) is 2.45. The van der Waals surface area contributed by atoms with Gasteiger partial charge in [-0.3, -0.25) is 9.59 Å². The molecule has 2 bridgehead atoms. The van der Waals surface area contributed by atoms with Crippen molar-refractivity contribution in [1.29, 1.82) is 0 Å². The van der Waals surface area contributed by atoms with Crippen LogP contribution in [0.15, 0.2) is 12.2 Å². The quantitative estimate of drug-likeness (QED) is 0.779. The summed E-state index contributed by atoms with van der Waals surface area (Å²) < 4.78 is 5.44. The van der Waals surface area contributed by atoms with Crippen LogP contribution in [0.1, 0.15) is 5.01 Å². The van der Waals surface area contributed by atoms with Gasteiger partial charge < -0.3 is 15.2 Å². The molecule has 1 aromatic heterocycles. The van der Waals surface area contributed by atoms with E-state index in [4.69, 9.17) is 4.74 Å². The van der Waals surface area contributed by atoms with Crippen LogP contribution in [-0.4, -0.2) is 39.4 Å². The van der Waals surface area contributed by atoms with Gasteiger partial charge in [-0.25, -0.2) is 0 Å². The van der Waals surface area contributed by atoms with E-state index >= 15 is 0 Å². The Balaban J connectivity index is 1.79. The molecule has 1 saturated heterocycles. The molecule has 0 unspecified atom stereocenters. The van der Waals surface area contributed by atoms with Gasteiger partial charge in [0.15, 0.2) is 0 Å². The van der Waals surface area contributed by atoms with Crippen molar-refractivity contribution in [2.24, 2.45) is 11.8 Å². The Hall–Kier alpha value is -1.80. The molecule has 1 fully saturated rings. The van der Waals surface area contributed by atoms with Crippen molar-refractivity contribution in [2.45, 2.75) is 19.1 Å². The maximum absolute atomic E-state index is 12.2. The minimum Gasteiger partial charge on any atom is -0.481 e. The summed E-state index contributed by atoms with van der Waals surface area (Å²) in [7, 11) is 0. The van der Waals surface area contributed by atoms with Gasteiger partial charge in [0.1, 0.15) is 10.9 Å². The molecule has 4 atom stereocenters. The van der Waals surface area contributed by atoms with Gasteiger partial charge >= 0.3 is 5.97 Å². The largest absolute Gasteiger partial charge is 0.481 e. The number of rotatable bonds is 3. The Morgan fingerprint density at radius 2 is 2.00 bits per heavy atom. The van der Waals surface area contributed by atoms with Crippen molar-refractivity contribution in [1.82, 2.24) is 10.2 Å². The fourth-order valence-corrected chi connectivity index (χ4v) is 3.05. The third-order valence-corrected chi connectivity index (χ3v) is 4.00. The second kappa shape index (κ2) is 4.39. The molecule has 1 amide bonds. The first-order valence-electron chi connectivity index (χ1n) is 5.74. The lowest BCUT2D eigenvalue weighted by Crippen LogP contribution is -2.39. The van der Waals surface area contributed by atoms with Crippen molar-refractivity contribution in [2.75, 3.05) is 5.32 Å². The highest BCUT2D eigenvalue weighted by Crippen LogP contribution is 2.39. The zero-order valence-corrected chi connectivity index (χ0v) is 10.8. The molecule has 3 rings (SSSR count). The number of aliphatic carboxylic acids is 1. The summed E-state index contributed by atoms with van der Waals surface area (Å²) in [6.07, 6.45) is 2.44. The highest BCUT2D eigenvalue weighted by atomic mass is 32.1. The fraction of sp³-hybridized carbons (Fsp3) is 0.455. The number of hydrogen-bond donors (Lipinski definition) is 2. The van der Waals surface area contributed by atoms with Crippen molar-refractivity contribution in [3.05, 3.63) is 17.2 Å². The van der Waals surface area contributed by atoms with Crippen LogP contribution in [0.3, 0.4) is 0 Å². The van der Waals surface area contributed by atoms with Gasteiger partial charge in [0, 0.05) is 0 Å². The molecule has 0 spiro atoms. The van der Waals surface area contributed by atoms with Gasteiger partial charge in [-0.2, -0.15) is 0 Å². The molecule has 0 aromatic carbocycles. The lowest BCUT2D eigenvalue weighted by atomic mass is 9.82. The van der Waals surface area contributed by atoms with Gasteiger partial charge in [0.2, 0.25) is 11.0 Å². The number of carboxylic acids is 1. The van der Waals surface area contributed by atoms with E-state index < -0.39 is 30.0 Å². The summed E-state index contributed by atoms with van der Waals surface area (Å²) in [5, 5.41) is 20.5. The molecule has 1 aromatic rings.